The molecule has 2 aliphatic heterocycles. The molecule has 1 aromatic carbocycles. The highest BCUT2D eigenvalue weighted by molar-refractivity contribution is 7.79. The first-order valence-corrected chi connectivity index (χ1v) is 12.7. The summed E-state index contributed by atoms with van der Waals surface area (Å²) in [5.74, 6) is 0.639. The van der Waals surface area contributed by atoms with Gasteiger partial charge in [0.15, 0.2) is 11.5 Å². The monoisotopic (exact) mass is 523 g/mol. The van der Waals surface area contributed by atoms with Gasteiger partial charge in [0.05, 0.1) is 35.9 Å². The van der Waals surface area contributed by atoms with Gasteiger partial charge in [0, 0.05) is 50.5 Å². The van der Waals surface area contributed by atoms with Gasteiger partial charge in [-0.25, -0.2) is 9.50 Å². The van der Waals surface area contributed by atoms with E-state index in [0.29, 0.717) is 80.0 Å². The van der Waals surface area contributed by atoms with Gasteiger partial charge in [0.1, 0.15) is 0 Å². The van der Waals surface area contributed by atoms with Crippen LogP contribution in [0.2, 0.25) is 0 Å². The molecule has 0 saturated carbocycles. The van der Waals surface area contributed by atoms with E-state index in [1.54, 1.807) is 16.6 Å². The summed E-state index contributed by atoms with van der Waals surface area (Å²) in [4.78, 5) is 8.68. The van der Waals surface area contributed by atoms with Gasteiger partial charge in [0.25, 0.3) is 0 Å². The van der Waals surface area contributed by atoms with Crippen LogP contribution in [0.5, 0.6) is 0 Å². The van der Waals surface area contributed by atoms with E-state index in [4.69, 9.17) is 20.6 Å². The van der Waals surface area contributed by atoms with E-state index in [-0.39, 0.29) is 12.0 Å². The van der Waals surface area contributed by atoms with Crippen LogP contribution in [0, 0.1) is 6.92 Å². The maximum atomic E-state index is 13.6. The van der Waals surface area contributed by atoms with E-state index < -0.39 is 28.1 Å². The molecule has 13 heteroatoms. The van der Waals surface area contributed by atoms with Crippen LogP contribution in [0.4, 0.5) is 24.7 Å². The molecule has 5 rings (SSSR count). The Morgan fingerprint density at radius 3 is 2.64 bits per heavy atom. The van der Waals surface area contributed by atoms with Crippen LogP contribution in [0.1, 0.15) is 28.1 Å². The highest BCUT2D eigenvalue weighted by Crippen LogP contribution is 2.34. The standard InChI is InChI=1S/C23H27F3N6O3S/c1-14-15(3-2-4-17(14)23(24,25)26)9-20-19(13-30-11-16(12-30)36(33)34)28-22-18(27)10-21(29-32(20)22)31-5-7-35-8-6-31/h2-4,10,16H,5-9,11-13,27H2,1H3,(H,33,34)/p-1. The average Bonchev–Trinajstić information content (AvgIpc) is 3.14. The van der Waals surface area contributed by atoms with Crippen molar-refractivity contribution in [3.8, 4) is 0 Å². The van der Waals surface area contributed by atoms with Gasteiger partial charge in [-0.05, 0) is 35.2 Å². The lowest BCUT2D eigenvalue weighted by atomic mass is 9.97. The van der Waals surface area contributed by atoms with E-state index in [1.807, 2.05) is 9.80 Å². The topological polar surface area (TPSA) is 112 Å². The lowest BCUT2D eigenvalue weighted by Gasteiger charge is -2.39. The summed E-state index contributed by atoms with van der Waals surface area (Å²) in [6.45, 7) is 4.95. The van der Waals surface area contributed by atoms with Gasteiger partial charge in [-0.15, -0.1) is 5.10 Å². The quantitative estimate of drug-likeness (QED) is 0.489. The van der Waals surface area contributed by atoms with Gasteiger partial charge in [0.2, 0.25) is 0 Å². The fraction of sp³-hybridized carbons (Fsp3) is 0.478. The molecule has 1 atom stereocenters. The number of likely N-dealkylation sites (tertiary alicyclic amines) is 1. The third-order valence-corrected chi connectivity index (χ3v) is 7.63. The summed E-state index contributed by atoms with van der Waals surface area (Å²) < 4.78 is 70.2. The van der Waals surface area contributed by atoms with Crippen molar-refractivity contribution in [2.24, 2.45) is 0 Å². The maximum Gasteiger partial charge on any atom is 0.416 e. The van der Waals surface area contributed by atoms with Crippen LogP contribution in [-0.4, -0.2) is 72.9 Å². The summed E-state index contributed by atoms with van der Waals surface area (Å²) in [5, 5.41) is 4.34. The Kier molecular flexibility index (Phi) is 6.66. The third kappa shape index (κ3) is 4.80. The highest BCUT2D eigenvalue weighted by atomic mass is 32.2. The minimum absolute atomic E-state index is 0.147. The minimum atomic E-state index is -4.46. The number of fused-ring (bicyclic) bond motifs is 1. The molecule has 2 fully saturated rings. The van der Waals surface area contributed by atoms with Crippen LogP contribution in [-0.2, 0) is 35.0 Å². The summed E-state index contributed by atoms with van der Waals surface area (Å²) in [6, 6.07) is 5.89. The van der Waals surface area contributed by atoms with Crippen molar-refractivity contribution in [1.82, 2.24) is 19.5 Å². The zero-order chi connectivity index (χ0) is 25.6. The normalized spacial score (nSPS) is 18.5. The third-order valence-electron chi connectivity index (χ3n) is 6.79. The smallest absolute Gasteiger partial charge is 0.416 e. The second-order valence-corrected chi connectivity index (χ2v) is 10.3. The molecule has 3 aromatic rings. The number of ether oxygens (including phenoxy) is 1. The number of alkyl halides is 3. The van der Waals surface area contributed by atoms with E-state index in [0.717, 1.165) is 6.07 Å². The number of aromatic nitrogens is 3. The van der Waals surface area contributed by atoms with Crippen LogP contribution < -0.4 is 10.6 Å². The molecule has 2 aromatic heterocycles. The van der Waals surface area contributed by atoms with Crippen LogP contribution in [0.25, 0.3) is 5.65 Å². The Morgan fingerprint density at radius 2 is 1.97 bits per heavy atom. The number of hydrogen-bond acceptors (Lipinski definition) is 8. The number of morpholine rings is 1. The first kappa shape index (κ1) is 24.9. The minimum Gasteiger partial charge on any atom is -0.772 e. The van der Waals surface area contributed by atoms with Crippen molar-refractivity contribution in [1.29, 1.82) is 0 Å². The number of imidazole rings is 1. The molecule has 0 amide bonds. The maximum absolute atomic E-state index is 13.6. The summed E-state index contributed by atoms with van der Waals surface area (Å²) in [7, 11) is 0. The van der Waals surface area contributed by atoms with Gasteiger partial charge >= 0.3 is 6.18 Å². The molecular weight excluding hydrogens is 497 g/mol. The van der Waals surface area contributed by atoms with Gasteiger partial charge in [-0.2, -0.15) is 13.2 Å². The molecule has 2 saturated heterocycles. The molecule has 0 aliphatic carbocycles. The molecule has 2 N–H and O–H groups in total. The van der Waals surface area contributed by atoms with Gasteiger partial charge < -0.3 is 19.9 Å². The fourth-order valence-corrected chi connectivity index (χ4v) is 5.38. The molecule has 194 valence electrons. The molecule has 2 aliphatic rings. The summed E-state index contributed by atoms with van der Waals surface area (Å²) in [5.41, 5.74) is 8.40. The van der Waals surface area contributed by atoms with Crippen molar-refractivity contribution >= 4 is 28.2 Å². The number of nitrogens with two attached hydrogens (primary N) is 1. The Bertz CT molecular complexity index is 1300. The van der Waals surface area contributed by atoms with Crippen molar-refractivity contribution in [2.45, 2.75) is 31.3 Å². The predicted molar refractivity (Wildman–Crippen MR) is 127 cm³/mol. The van der Waals surface area contributed by atoms with Crippen LogP contribution in [0.3, 0.4) is 0 Å². The van der Waals surface area contributed by atoms with Crippen molar-refractivity contribution in [2.75, 3.05) is 50.0 Å². The lowest BCUT2D eigenvalue weighted by molar-refractivity contribution is -0.138. The largest absolute Gasteiger partial charge is 0.772 e. The SMILES string of the molecule is Cc1c(Cc2c(CN3CC(S(=O)[O-])C3)nc3c(N)cc(N4CCOCC4)nn23)cccc1C(F)(F)F. The Labute approximate surface area is 208 Å². The number of nitrogen functional groups attached to an aromatic ring is 1. The van der Waals surface area contributed by atoms with E-state index in [2.05, 4.69) is 0 Å². The second-order valence-electron chi connectivity index (χ2n) is 9.14. The Hall–Kier alpha value is -2.74. The first-order valence-electron chi connectivity index (χ1n) is 11.6. The number of nitrogens with zero attached hydrogens (tertiary/aromatic N) is 5. The average molecular weight is 524 g/mol. The Morgan fingerprint density at radius 1 is 1.25 bits per heavy atom. The van der Waals surface area contributed by atoms with Gasteiger partial charge in [-0.1, -0.05) is 12.1 Å². The summed E-state index contributed by atoms with van der Waals surface area (Å²) >= 11 is -2.15. The number of anilines is 2. The molecule has 9 nitrogen and oxygen atoms in total. The summed E-state index contributed by atoms with van der Waals surface area (Å²) in [6.07, 6.45) is -4.30. The molecule has 0 radical (unpaired) electrons. The van der Waals surface area contributed by atoms with Crippen LogP contribution >= 0.6 is 0 Å². The first-order chi connectivity index (χ1) is 17.1. The molecule has 0 bridgehead atoms. The van der Waals surface area contributed by atoms with Crippen LogP contribution in [0.15, 0.2) is 24.3 Å². The molecule has 1 unspecified atom stereocenters. The van der Waals surface area contributed by atoms with E-state index in [1.165, 1.54) is 13.0 Å². The molecule has 36 heavy (non-hydrogen) atoms. The zero-order valence-corrected chi connectivity index (χ0v) is 20.4. The highest BCUT2D eigenvalue weighted by Gasteiger charge is 2.34. The van der Waals surface area contributed by atoms with Crippen molar-refractivity contribution in [3.63, 3.8) is 0 Å². The fourth-order valence-electron chi connectivity index (χ4n) is 4.72. The van der Waals surface area contributed by atoms with E-state index >= 15 is 0 Å². The lowest BCUT2D eigenvalue weighted by Crippen LogP contribution is -2.52. The Balaban J connectivity index is 1.57. The number of halogens is 3. The predicted octanol–water partition coefficient (Wildman–Crippen LogP) is 2.13. The number of benzene rings is 1. The molecular formula is C23H26F3N6O3S-. The second kappa shape index (κ2) is 9.61. The zero-order valence-electron chi connectivity index (χ0n) is 19.6. The number of hydrogen-bond donors (Lipinski definition) is 1. The van der Waals surface area contributed by atoms with Crippen molar-refractivity contribution < 1.29 is 26.7 Å². The number of rotatable bonds is 6. The van der Waals surface area contributed by atoms with Crippen molar-refractivity contribution in [3.05, 3.63) is 52.3 Å². The van der Waals surface area contributed by atoms with Gasteiger partial charge in [-0.3, -0.25) is 9.11 Å². The van der Waals surface area contributed by atoms with E-state index in [9.17, 15) is 21.9 Å². The molecule has 0 spiro atoms. The molecule has 4 heterocycles.